The average Bonchev–Trinajstić information content (AvgIpc) is 3.08. The van der Waals surface area contributed by atoms with Gasteiger partial charge in [-0.15, -0.1) is 0 Å². The van der Waals surface area contributed by atoms with Crippen molar-refractivity contribution in [1.29, 1.82) is 0 Å². The maximum atomic E-state index is 5.81. The van der Waals surface area contributed by atoms with E-state index in [1.165, 1.54) is 31.4 Å². The molecule has 0 saturated carbocycles. The molecule has 0 bridgehead atoms. The fourth-order valence-corrected chi connectivity index (χ4v) is 4.00. The van der Waals surface area contributed by atoms with Crippen molar-refractivity contribution in [3.05, 3.63) is 0 Å². The molecule has 0 amide bonds. The van der Waals surface area contributed by atoms with Gasteiger partial charge in [-0.05, 0) is 38.4 Å². The van der Waals surface area contributed by atoms with Gasteiger partial charge in [0.25, 0.3) is 0 Å². The van der Waals surface area contributed by atoms with Crippen LogP contribution in [0.1, 0.15) is 32.6 Å². The number of nitrogens with zero attached hydrogens (tertiary/aromatic N) is 4. The Balaban J connectivity index is 1.69. The summed E-state index contributed by atoms with van der Waals surface area (Å²) in [5, 5.41) is 3.34. The number of hydrogen-bond donors (Lipinski definition) is 2. The summed E-state index contributed by atoms with van der Waals surface area (Å²) in [6.45, 7) is 5.19. The molecule has 1 aromatic heterocycles. The molecular weight excluding hydrogens is 272 g/mol. The predicted molar refractivity (Wildman–Crippen MR) is 84.3 cm³/mol. The standard InChI is InChI=1S/C13H22N6S/c1-13(5-4-8-20-13)9-15-11-16-10(14)17-12(18-11)19-6-2-3-7-19/h2-9H2,1H3,(H3,14,15,16,17,18). The molecule has 110 valence electrons. The van der Waals surface area contributed by atoms with E-state index in [9.17, 15) is 0 Å². The molecule has 0 radical (unpaired) electrons. The van der Waals surface area contributed by atoms with Crippen LogP contribution in [-0.4, -0.2) is 45.1 Å². The lowest BCUT2D eigenvalue weighted by Crippen LogP contribution is -2.28. The van der Waals surface area contributed by atoms with Crippen molar-refractivity contribution in [2.75, 3.05) is 41.3 Å². The lowest BCUT2D eigenvalue weighted by Gasteiger charge is -2.23. The number of hydrogen-bond acceptors (Lipinski definition) is 7. The average molecular weight is 294 g/mol. The van der Waals surface area contributed by atoms with E-state index in [0.29, 0.717) is 17.8 Å². The molecule has 1 unspecified atom stereocenters. The largest absolute Gasteiger partial charge is 0.368 e. The van der Waals surface area contributed by atoms with Crippen LogP contribution in [0.4, 0.5) is 17.8 Å². The predicted octanol–water partition coefficient (Wildman–Crippen LogP) is 1.75. The van der Waals surface area contributed by atoms with Crippen LogP contribution in [0.25, 0.3) is 0 Å². The molecule has 0 aromatic carbocycles. The van der Waals surface area contributed by atoms with E-state index in [2.05, 4.69) is 32.1 Å². The Labute approximate surface area is 124 Å². The Kier molecular flexibility index (Phi) is 3.87. The van der Waals surface area contributed by atoms with Gasteiger partial charge in [-0.2, -0.15) is 26.7 Å². The number of anilines is 3. The van der Waals surface area contributed by atoms with Crippen LogP contribution in [0, 0.1) is 0 Å². The second-order valence-corrected chi connectivity index (χ2v) is 7.45. The van der Waals surface area contributed by atoms with Gasteiger partial charge in [0.05, 0.1) is 0 Å². The summed E-state index contributed by atoms with van der Waals surface area (Å²) in [7, 11) is 0. The first-order valence-corrected chi connectivity index (χ1v) is 8.28. The summed E-state index contributed by atoms with van der Waals surface area (Å²) in [5.41, 5.74) is 5.81. The van der Waals surface area contributed by atoms with E-state index < -0.39 is 0 Å². The van der Waals surface area contributed by atoms with Gasteiger partial charge in [0.2, 0.25) is 17.8 Å². The summed E-state index contributed by atoms with van der Waals surface area (Å²) in [6, 6.07) is 0. The molecular formula is C13H22N6S. The van der Waals surface area contributed by atoms with E-state index >= 15 is 0 Å². The molecule has 0 aliphatic carbocycles. The second kappa shape index (κ2) is 5.63. The normalized spacial score (nSPS) is 26.1. The van der Waals surface area contributed by atoms with Gasteiger partial charge in [0.15, 0.2) is 0 Å². The van der Waals surface area contributed by atoms with Gasteiger partial charge in [0, 0.05) is 24.4 Å². The van der Waals surface area contributed by atoms with Gasteiger partial charge in [-0.3, -0.25) is 0 Å². The monoisotopic (exact) mass is 294 g/mol. The second-order valence-electron chi connectivity index (χ2n) is 5.77. The molecule has 6 nitrogen and oxygen atoms in total. The SMILES string of the molecule is CC1(CNc2nc(N)nc(N3CCCC3)n2)CCCS1. The lowest BCUT2D eigenvalue weighted by atomic mass is 10.1. The highest BCUT2D eigenvalue weighted by atomic mass is 32.2. The van der Waals surface area contributed by atoms with Gasteiger partial charge in [-0.1, -0.05) is 0 Å². The Morgan fingerprint density at radius 1 is 1.25 bits per heavy atom. The Bertz CT molecular complexity index is 468. The first-order valence-electron chi connectivity index (χ1n) is 7.29. The van der Waals surface area contributed by atoms with Crippen molar-refractivity contribution in [2.24, 2.45) is 0 Å². The van der Waals surface area contributed by atoms with Crippen LogP contribution in [0.5, 0.6) is 0 Å². The van der Waals surface area contributed by atoms with Crippen molar-refractivity contribution >= 4 is 29.6 Å². The first-order chi connectivity index (χ1) is 9.65. The van der Waals surface area contributed by atoms with Crippen LogP contribution in [0.3, 0.4) is 0 Å². The third kappa shape index (κ3) is 3.08. The zero-order chi connectivity index (χ0) is 14.0. The summed E-state index contributed by atoms with van der Waals surface area (Å²) in [4.78, 5) is 15.1. The van der Waals surface area contributed by atoms with Crippen LogP contribution in [0.2, 0.25) is 0 Å². The van der Waals surface area contributed by atoms with Gasteiger partial charge < -0.3 is 16.0 Å². The fourth-order valence-electron chi connectivity index (χ4n) is 2.76. The Morgan fingerprint density at radius 2 is 2.05 bits per heavy atom. The van der Waals surface area contributed by atoms with E-state index in [1.807, 2.05) is 11.8 Å². The third-order valence-corrected chi connectivity index (χ3v) is 5.49. The molecule has 2 aliphatic heterocycles. The summed E-state index contributed by atoms with van der Waals surface area (Å²) >= 11 is 2.02. The van der Waals surface area contributed by atoms with Crippen molar-refractivity contribution in [3.8, 4) is 0 Å². The van der Waals surface area contributed by atoms with E-state index in [4.69, 9.17) is 5.73 Å². The maximum absolute atomic E-state index is 5.81. The molecule has 3 N–H and O–H groups in total. The molecule has 1 atom stereocenters. The van der Waals surface area contributed by atoms with Crippen molar-refractivity contribution < 1.29 is 0 Å². The first kappa shape index (κ1) is 13.7. The Morgan fingerprint density at radius 3 is 2.75 bits per heavy atom. The number of rotatable bonds is 4. The molecule has 7 heteroatoms. The minimum Gasteiger partial charge on any atom is -0.368 e. The molecule has 2 aliphatic rings. The van der Waals surface area contributed by atoms with Crippen LogP contribution in [0.15, 0.2) is 0 Å². The highest BCUT2D eigenvalue weighted by molar-refractivity contribution is 8.00. The highest BCUT2D eigenvalue weighted by Crippen LogP contribution is 2.37. The quantitative estimate of drug-likeness (QED) is 0.875. The summed E-state index contributed by atoms with van der Waals surface area (Å²) < 4.78 is 0.287. The summed E-state index contributed by atoms with van der Waals surface area (Å²) in [5.74, 6) is 2.86. The number of nitrogen functional groups attached to an aromatic ring is 1. The molecule has 0 spiro atoms. The zero-order valence-electron chi connectivity index (χ0n) is 11.9. The van der Waals surface area contributed by atoms with Gasteiger partial charge in [-0.25, -0.2) is 0 Å². The minimum atomic E-state index is 0.287. The smallest absolute Gasteiger partial charge is 0.231 e. The molecule has 20 heavy (non-hydrogen) atoms. The lowest BCUT2D eigenvalue weighted by molar-refractivity contribution is 0.632. The van der Waals surface area contributed by atoms with E-state index in [-0.39, 0.29) is 4.75 Å². The van der Waals surface area contributed by atoms with Gasteiger partial charge in [0.1, 0.15) is 0 Å². The van der Waals surface area contributed by atoms with Crippen LogP contribution < -0.4 is 16.0 Å². The third-order valence-electron chi connectivity index (χ3n) is 3.95. The number of nitrogens with one attached hydrogen (secondary N) is 1. The molecule has 2 fully saturated rings. The minimum absolute atomic E-state index is 0.287. The molecule has 3 rings (SSSR count). The fraction of sp³-hybridized carbons (Fsp3) is 0.769. The van der Waals surface area contributed by atoms with E-state index in [0.717, 1.165) is 19.6 Å². The van der Waals surface area contributed by atoms with Crippen LogP contribution >= 0.6 is 11.8 Å². The number of nitrogens with two attached hydrogens (primary N) is 1. The molecule has 2 saturated heterocycles. The molecule has 3 heterocycles. The van der Waals surface area contributed by atoms with Crippen molar-refractivity contribution in [2.45, 2.75) is 37.4 Å². The zero-order valence-corrected chi connectivity index (χ0v) is 12.7. The Hall–Kier alpha value is -1.24. The van der Waals surface area contributed by atoms with Crippen LogP contribution in [-0.2, 0) is 0 Å². The number of aromatic nitrogens is 3. The highest BCUT2D eigenvalue weighted by Gasteiger charge is 2.29. The number of thioether (sulfide) groups is 1. The van der Waals surface area contributed by atoms with E-state index in [1.54, 1.807) is 0 Å². The maximum Gasteiger partial charge on any atom is 0.231 e. The molecule has 1 aromatic rings. The van der Waals surface area contributed by atoms with Gasteiger partial charge >= 0.3 is 0 Å². The summed E-state index contributed by atoms with van der Waals surface area (Å²) in [6.07, 6.45) is 4.93. The van der Waals surface area contributed by atoms with Crippen molar-refractivity contribution in [3.63, 3.8) is 0 Å². The van der Waals surface area contributed by atoms with Crippen molar-refractivity contribution in [1.82, 2.24) is 15.0 Å². The topological polar surface area (TPSA) is 80.0 Å².